The van der Waals surface area contributed by atoms with Crippen LogP contribution in [0.25, 0.3) is 22.1 Å². The predicted octanol–water partition coefficient (Wildman–Crippen LogP) is 4.86. The van der Waals surface area contributed by atoms with Crippen molar-refractivity contribution in [3.63, 3.8) is 0 Å². The van der Waals surface area contributed by atoms with E-state index in [9.17, 15) is 4.79 Å². The van der Waals surface area contributed by atoms with Gasteiger partial charge in [-0.3, -0.25) is 9.36 Å². The summed E-state index contributed by atoms with van der Waals surface area (Å²) in [5.74, 6) is 0. The van der Waals surface area contributed by atoms with Gasteiger partial charge in [-0.05, 0) is 42.6 Å². The highest BCUT2D eigenvalue weighted by Crippen LogP contribution is 2.27. The number of halogens is 1. The summed E-state index contributed by atoms with van der Waals surface area (Å²) in [4.78, 5) is 17.9. The molecule has 0 spiro atoms. The van der Waals surface area contributed by atoms with Gasteiger partial charge < -0.3 is 5.32 Å². The number of hydrogen-bond donors (Lipinski definition) is 1. The number of aromatic nitrogens is 4. The summed E-state index contributed by atoms with van der Waals surface area (Å²) in [6.07, 6.45) is 5.22. The van der Waals surface area contributed by atoms with Crippen LogP contribution >= 0.6 is 11.6 Å². The van der Waals surface area contributed by atoms with Crippen molar-refractivity contribution in [3.8, 4) is 5.69 Å². The molecule has 0 aliphatic rings. The van der Waals surface area contributed by atoms with Gasteiger partial charge in [-0.2, -0.15) is 5.10 Å². The lowest BCUT2D eigenvalue weighted by Gasteiger charge is -2.22. The average Bonchev–Trinajstić information content (AvgIpc) is 3.24. The Balaban J connectivity index is 1.71. The minimum absolute atomic E-state index is 0.145. The Morgan fingerprint density at radius 3 is 2.70 bits per heavy atom. The van der Waals surface area contributed by atoms with Gasteiger partial charge in [0.25, 0.3) is 5.56 Å². The fourth-order valence-electron chi connectivity index (χ4n) is 3.76. The van der Waals surface area contributed by atoms with Crippen molar-refractivity contribution in [1.82, 2.24) is 19.2 Å². The summed E-state index contributed by atoms with van der Waals surface area (Å²) in [6, 6.07) is 18.8. The number of anilines is 1. The molecule has 5 aromatic rings. The summed E-state index contributed by atoms with van der Waals surface area (Å²) < 4.78 is 3.43. The van der Waals surface area contributed by atoms with E-state index in [-0.39, 0.29) is 11.6 Å². The fraction of sp³-hybridized carbons (Fsp3) is 0.0870. The molecule has 0 unspecified atom stereocenters. The van der Waals surface area contributed by atoms with Crippen LogP contribution in [-0.2, 0) is 0 Å². The van der Waals surface area contributed by atoms with Crippen molar-refractivity contribution < 1.29 is 0 Å². The maximum absolute atomic E-state index is 13.5. The Bertz CT molecular complexity index is 1420. The summed E-state index contributed by atoms with van der Waals surface area (Å²) in [5.41, 5.74) is 3.02. The van der Waals surface area contributed by atoms with Crippen LogP contribution in [0, 0.1) is 0 Å². The molecule has 148 valence electrons. The van der Waals surface area contributed by atoms with Crippen LogP contribution in [0.1, 0.15) is 18.7 Å². The Morgan fingerprint density at radius 1 is 1.03 bits per heavy atom. The third-order valence-electron chi connectivity index (χ3n) is 5.15. The molecule has 2 aromatic carbocycles. The fourth-order valence-corrected chi connectivity index (χ4v) is 4.02. The van der Waals surface area contributed by atoms with Crippen molar-refractivity contribution in [2.45, 2.75) is 13.0 Å². The lowest BCUT2D eigenvalue weighted by atomic mass is 10.1. The van der Waals surface area contributed by atoms with Gasteiger partial charge in [-0.15, -0.1) is 0 Å². The van der Waals surface area contributed by atoms with Crippen LogP contribution in [0.4, 0.5) is 5.69 Å². The molecule has 1 atom stereocenters. The minimum atomic E-state index is -0.191. The number of benzene rings is 2. The quantitative estimate of drug-likeness (QED) is 0.455. The molecule has 0 saturated heterocycles. The summed E-state index contributed by atoms with van der Waals surface area (Å²) >= 11 is 6.39. The highest BCUT2D eigenvalue weighted by Gasteiger charge is 2.18. The van der Waals surface area contributed by atoms with E-state index in [4.69, 9.17) is 11.6 Å². The molecule has 3 aromatic heterocycles. The first-order chi connectivity index (χ1) is 14.6. The third-order valence-corrected chi connectivity index (χ3v) is 5.46. The zero-order chi connectivity index (χ0) is 20.7. The predicted molar refractivity (Wildman–Crippen MR) is 120 cm³/mol. The van der Waals surface area contributed by atoms with Crippen molar-refractivity contribution >= 4 is 33.7 Å². The largest absolute Gasteiger partial charge is 0.374 e. The van der Waals surface area contributed by atoms with Crippen molar-refractivity contribution in [1.29, 1.82) is 0 Å². The summed E-state index contributed by atoms with van der Waals surface area (Å²) in [5, 5.41) is 9.51. The number of nitrogens with zero attached hydrogens (tertiary/aromatic N) is 4. The van der Waals surface area contributed by atoms with Crippen LogP contribution in [-0.4, -0.2) is 19.2 Å². The van der Waals surface area contributed by atoms with Crippen LogP contribution in [0.5, 0.6) is 0 Å². The molecule has 30 heavy (non-hydrogen) atoms. The maximum Gasteiger partial charge on any atom is 0.264 e. The SMILES string of the molecule is C[C@H](Nc1ccnn2ccnc12)c1cc2cccc(Cl)c2c(=O)n1-c1ccccc1. The minimum Gasteiger partial charge on any atom is -0.374 e. The number of hydrogen-bond acceptors (Lipinski definition) is 4. The van der Waals surface area contributed by atoms with Crippen molar-refractivity contribution in [2.75, 3.05) is 5.32 Å². The van der Waals surface area contributed by atoms with E-state index in [1.165, 1.54) is 0 Å². The smallest absolute Gasteiger partial charge is 0.264 e. The number of fused-ring (bicyclic) bond motifs is 2. The second kappa shape index (κ2) is 7.31. The van der Waals surface area contributed by atoms with Crippen LogP contribution in [0.15, 0.2) is 84.0 Å². The summed E-state index contributed by atoms with van der Waals surface area (Å²) in [7, 11) is 0. The lowest BCUT2D eigenvalue weighted by Crippen LogP contribution is -2.25. The zero-order valence-electron chi connectivity index (χ0n) is 16.2. The summed E-state index contributed by atoms with van der Waals surface area (Å²) in [6.45, 7) is 2.02. The van der Waals surface area contributed by atoms with Crippen molar-refractivity contribution in [3.05, 3.63) is 100 Å². The number of nitrogens with one attached hydrogen (secondary N) is 1. The molecule has 0 radical (unpaired) electrons. The molecular weight excluding hydrogens is 398 g/mol. The van der Waals surface area contributed by atoms with Gasteiger partial charge >= 0.3 is 0 Å². The van der Waals surface area contributed by atoms with Crippen LogP contribution < -0.4 is 10.9 Å². The monoisotopic (exact) mass is 415 g/mol. The van der Waals surface area contributed by atoms with Gasteiger partial charge in [0.05, 0.1) is 28.3 Å². The molecule has 6 nitrogen and oxygen atoms in total. The third kappa shape index (κ3) is 3.02. The standard InChI is InChI=1S/C23H18ClN5O/c1-15(27-19-10-11-26-28-13-12-25-22(19)28)20-14-16-6-5-9-18(24)21(16)23(30)29(20)17-7-3-2-4-8-17/h2-15,27H,1H3/t15-/m0/s1. The molecular formula is C23H18ClN5O. The van der Waals surface area contributed by atoms with Gasteiger partial charge in [0.15, 0.2) is 5.65 Å². The van der Waals surface area contributed by atoms with E-state index in [0.717, 1.165) is 28.1 Å². The Morgan fingerprint density at radius 2 is 1.87 bits per heavy atom. The molecule has 7 heteroatoms. The molecule has 0 saturated carbocycles. The van der Waals surface area contributed by atoms with Crippen LogP contribution in [0.2, 0.25) is 5.02 Å². The van der Waals surface area contributed by atoms with E-state index >= 15 is 0 Å². The molecule has 0 fully saturated rings. The van der Waals surface area contributed by atoms with Gasteiger partial charge in [-0.1, -0.05) is 41.9 Å². The van der Waals surface area contributed by atoms with E-state index < -0.39 is 0 Å². The highest BCUT2D eigenvalue weighted by atomic mass is 35.5. The van der Waals surface area contributed by atoms with Gasteiger partial charge in [-0.25, -0.2) is 9.50 Å². The highest BCUT2D eigenvalue weighted by molar-refractivity contribution is 6.35. The number of pyridine rings is 1. The lowest BCUT2D eigenvalue weighted by molar-refractivity contribution is 0.776. The maximum atomic E-state index is 13.5. The normalized spacial score (nSPS) is 12.3. The molecule has 0 aliphatic heterocycles. The van der Waals surface area contributed by atoms with E-state index in [2.05, 4.69) is 15.4 Å². The molecule has 3 heterocycles. The van der Waals surface area contributed by atoms with Crippen molar-refractivity contribution in [2.24, 2.45) is 0 Å². The zero-order valence-corrected chi connectivity index (χ0v) is 16.9. The molecule has 0 amide bonds. The first-order valence-corrected chi connectivity index (χ1v) is 9.96. The Labute approximate surface area is 177 Å². The van der Waals surface area contributed by atoms with E-state index in [1.54, 1.807) is 33.7 Å². The Hall–Kier alpha value is -3.64. The topological polar surface area (TPSA) is 64.2 Å². The second-order valence-corrected chi connectivity index (χ2v) is 7.46. The molecule has 0 aliphatic carbocycles. The van der Waals surface area contributed by atoms with E-state index in [1.807, 2.05) is 61.5 Å². The second-order valence-electron chi connectivity index (χ2n) is 7.06. The molecule has 0 bridgehead atoms. The number of rotatable bonds is 4. The van der Waals surface area contributed by atoms with Gasteiger partial charge in [0, 0.05) is 23.8 Å². The number of para-hydroxylation sites is 1. The van der Waals surface area contributed by atoms with Gasteiger partial charge in [0.2, 0.25) is 0 Å². The molecule has 5 rings (SSSR count). The molecule has 1 N–H and O–H groups in total. The first-order valence-electron chi connectivity index (χ1n) is 9.58. The van der Waals surface area contributed by atoms with Gasteiger partial charge in [0.1, 0.15) is 0 Å². The first kappa shape index (κ1) is 18.4. The average molecular weight is 416 g/mol. The Kier molecular flexibility index (Phi) is 4.48. The number of imidazole rings is 1. The van der Waals surface area contributed by atoms with Crippen LogP contribution in [0.3, 0.4) is 0 Å². The van der Waals surface area contributed by atoms with E-state index in [0.29, 0.717) is 10.4 Å².